The van der Waals surface area contributed by atoms with Gasteiger partial charge in [0.05, 0.1) is 4.83 Å². The van der Waals surface area contributed by atoms with Crippen LogP contribution in [0.3, 0.4) is 0 Å². The first-order valence-corrected chi connectivity index (χ1v) is 8.19. The molecule has 0 amide bonds. The summed E-state index contributed by atoms with van der Waals surface area (Å²) in [5.74, 6) is -0.165. The lowest BCUT2D eigenvalue weighted by Crippen LogP contribution is -1.95. The molecular weight excluding hydrogens is 335 g/mol. The van der Waals surface area contributed by atoms with Crippen LogP contribution >= 0.6 is 27.3 Å². The molecule has 1 heterocycles. The number of hydrogen-bond donors (Lipinski definition) is 0. The van der Waals surface area contributed by atoms with Crippen LogP contribution in [-0.4, -0.2) is 0 Å². The maximum atomic E-state index is 13.9. The van der Waals surface area contributed by atoms with Gasteiger partial charge >= 0.3 is 0 Å². The molecule has 102 valence electrons. The lowest BCUT2D eigenvalue weighted by atomic mass is 9.98. The van der Waals surface area contributed by atoms with Crippen molar-refractivity contribution in [2.75, 3.05) is 0 Å². The highest BCUT2D eigenvalue weighted by Gasteiger charge is 2.18. The fourth-order valence-electron chi connectivity index (χ4n) is 2.58. The number of alkyl halides is 1. The van der Waals surface area contributed by atoms with Gasteiger partial charge in [0.25, 0.3) is 0 Å². The standard InChI is InChI=1S/C17H14BrFS/c1-10-9-15(11(2)20-10)17(18)14-7-8-16(19)13-6-4-3-5-12(13)14/h3-9,17H,1-2H3. The fourth-order valence-corrected chi connectivity index (χ4v) is 4.57. The van der Waals surface area contributed by atoms with Crippen molar-refractivity contribution >= 4 is 38.0 Å². The molecule has 3 aromatic rings. The second-order valence-corrected chi connectivity index (χ2v) is 7.29. The van der Waals surface area contributed by atoms with E-state index < -0.39 is 0 Å². The zero-order valence-corrected chi connectivity index (χ0v) is 13.7. The van der Waals surface area contributed by atoms with Crippen LogP contribution in [0.4, 0.5) is 4.39 Å². The summed E-state index contributed by atoms with van der Waals surface area (Å²) < 4.78 is 13.9. The average Bonchev–Trinajstić information content (AvgIpc) is 2.78. The molecule has 0 saturated heterocycles. The number of halogens is 2. The van der Waals surface area contributed by atoms with Gasteiger partial charge in [-0.1, -0.05) is 46.3 Å². The van der Waals surface area contributed by atoms with Gasteiger partial charge in [0.2, 0.25) is 0 Å². The highest BCUT2D eigenvalue weighted by Crippen LogP contribution is 2.39. The molecule has 20 heavy (non-hydrogen) atoms. The molecule has 2 aromatic carbocycles. The van der Waals surface area contributed by atoms with Crippen LogP contribution in [0.25, 0.3) is 10.8 Å². The Kier molecular flexibility index (Phi) is 3.65. The van der Waals surface area contributed by atoms with Crippen molar-refractivity contribution in [2.24, 2.45) is 0 Å². The highest BCUT2D eigenvalue weighted by atomic mass is 79.9. The summed E-state index contributed by atoms with van der Waals surface area (Å²) in [7, 11) is 0. The summed E-state index contributed by atoms with van der Waals surface area (Å²) in [4.78, 5) is 2.70. The predicted octanol–water partition coefficient (Wildman–Crippen LogP) is 6.14. The molecule has 3 rings (SSSR count). The van der Waals surface area contributed by atoms with Gasteiger partial charge in [-0.15, -0.1) is 11.3 Å². The van der Waals surface area contributed by atoms with Gasteiger partial charge < -0.3 is 0 Å². The quantitative estimate of drug-likeness (QED) is 0.487. The zero-order valence-electron chi connectivity index (χ0n) is 11.3. The minimum atomic E-state index is -0.165. The molecule has 0 saturated carbocycles. The molecule has 0 N–H and O–H groups in total. The summed E-state index contributed by atoms with van der Waals surface area (Å²) in [5.41, 5.74) is 2.38. The van der Waals surface area contributed by atoms with Crippen LogP contribution in [0, 0.1) is 19.7 Å². The number of thiophene rings is 1. The lowest BCUT2D eigenvalue weighted by Gasteiger charge is -2.14. The Balaban J connectivity index is 2.20. The van der Waals surface area contributed by atoms with Crippen molar-refractivity contribution in [3.63, 3.8) is 0 Å². The second kappa shape index (κ2) is 5.30. The number of rotatable bonds is 2. The molecule has 0 aliphatic heterocycles. The largest absolute Gasteiger partial charge is 0.206 e. The first-order valence-electron chi connectivity index (χ1n) is 6.46. The Labute approximate surface area is 130 Å². The van der Waals surface area contributed by atoms with Gasteiger partial charge in [-0.3, -0.25) is 0 Å². The first-order chi connectivity index (χ1) is 9.58. The summed E-state index contributed by atoms with van der Waals surface area (Å²) in [5, 5.41) is 1.65. The van der Waals surface area contributed by atoms with E-state index >= 15 is 0 Å². The van der Waals surface area contributed by atoms with E-state index in [0.717, 1.165) is 10.9 Å². The van der Waals surface area contributed by atoms with Gasteiger partial charge in [0.15, 0.2) is 0 Å². The van der Waals surface area contributed by atoms with Crippen molar-refractivity contribution in [3.05, 3.63) is 69.2 Å². The van der Waals surface area contributed by atoms with E-state index in [2.05, 4.69) is 35.8 Å². The van der Waals surface area contributed by atoms with Crippen LogP contribution < -0.4 is 0 Å². The third-order valence-electron chi connectivity index (χ3n) is 3.53. The molecule has 1 unspecified atom stereocenters. The van der Waals surface area contributed by atoms with Crippen molar-refractivity contribution < 1.29 is 4.39 Å². The molecule has 0 aliphatic rings. The van der Waals surface area contributed by atoms with Gasteiger partial charge in [-0.25, -0.2) is 4.39 Å². The lowest BCUT2D eigenvalue weighted by molar-refractivity contribution is 0.639. The number of hydrogen-bond acceptors (Lipinski definition) is 1. The Bertz CT molecular complexity index is 776. The van der Waals surface area contributed by atoms with Gasteiger partial charge in [-0.2, -0.15) is 0 Å². The Morgan fingerprint density at radius 2 is 1.70 bits per heavy atom. The summed E-state index contributed by atoms with van der Waals surface area (Å²) in [6, 6.07) is 13.3. The van der Waals surface area contributed by atoms with Crippen molar-refractivity contribution in [3.8, 4) is 0 Å². The average molecular weight is 349 g/mol. The number of fused-ring (bicyclic) bond motifs is 1. The summed E-state index contributed by atoms with van der Waals surface area (Å²) in [6.45, 7) is 4.25. The topological polar surface area (TPSA) is 0 Å². The second-order valence-electron chi connectivity index (χ2n) is 4.91. The molecule has 0 nitrogen and oxygen atoms in total. The van der Waals surface area contributed by atoms with Crippen molar-refractivity contribution in [1.82, 2.24) is 0 Å². The normalized spacial score (nSPS) is 12.8. The van der Waals surface area contributed by atoms with Crippen LogP contribution in [0.2, 0.25) is 0 Å². The van der Waals surface area contributed by atoms with Crippen LogP contribution in [-0.2, 0) is 0 Å². The van der Waals surface area contributed by atoms with E-state index in [1.54, 1.807) is 17.4 Å². The van der Waals surface area contributed by atoms with Gasteiger partial charge in [-0.05, 0) is 42.5 Å². The molecule has 1 atom stereocenters. The highest BCUT2D eigenvalue weighted by molar-refractivity contribution is 9.09. The Hall–Kier alpha value is -1.19. The molecule has 0 fully saturated rings. The van der Waals surface area contributed by atoms with E-state index in [1.807, 2.05) is 30.3 Å². The Morgan fingerprint density at radius 1 is 1.00 bits per heavy atom. The zero-order chi connectivity index (χ0) is 14.3. The van der Waals surface area contributed by atoms with Crippen molar-refractivity contribution in [2.45, 2.75) is 18.7 Å². The first kappa shape index (κ1) is 13.8. The van der Waals surface area contributed by atoms with E-state index in [-0.39, 0.29) is 10.6 Å². The van der Waals surface area contributed by atoms with Crippen molar-refractivity contribution in [1.29, 1.82) is 0 Å². The summed E-state index contributed by atoms with van der Waals surface area (Å²) in [6.07, 6.45) is 0. The van der Waals surface area contributed by atoms with E-state index in [0.29, 0.717) is 5.39 Å². The SMILES string of the molecule is Cc1cc(C(Br)c2ccc(F)c3ccccc23)c(C)s1. The van der Waals surface area contributed by atoms with E-state index in [1.165, 1.54) is 15.3 Å². The third kappa shape index (κ3) is 2.29. The maximum absolute atomic E-state index is 13.9. The predicted molar refractivity (Wildman–Crippen MR) is 88.5 cm³/mol. The number of benzene rings is 2. The monoisotopic (exact) mass is 348 g/mol. The molecule has 3 heteroatoms. The van der Waals surface area contributed by atoms with E-state index in [9.17, 15) is 4.39 Å². The van der Waals surface area contributed by atoms with Gasteiger partial charge in [0, 0.05) is 15.1 Å². The molecule has 0 spiro atoms. The molecular formula is C17H14BrFS. The number of aryl methyl sites for hydroxylation is 2. The van der Waals surface area contributed by atoms with Gasteiger partial charge in [0.1, 0.15) is 5.82 Å². The fraction of sp³-hybridized carbons (Fsp3) is 0.176. The van der Waals surface area contributed by atoms with Crippen LogP contribution in [0.5, 0.6) is 0 Å². The summed E-state index contributed by atoms with van der Waals surface area (Å²) >= 11 is 5.58. The maximum Gasteiger partial charge on any atom is 0.131 e. The van der Waals surface area contributed by atoms with E-state index in [4.69, 9.17) is 0 Å². The Morgan fingerprint density at radius 3 is 2.35 bits per heavy atom. The van der Waals surface area contributed by atoms with Crippen LogP contribution in [0.1, 0.15) is 25.7 Å². The molecule has 1 aromatic heterocycles. The molecule has 0 aliphatic carbocycles. The third-order valence-corrected chi connectivity index (χ3v) is 5.50. The molecule has 0 radical (unpaired) electrons. The smallest absolute Gasteiger partial charge is 0.131 e. The molecule has 0 bridgehead atoms. The van der Waals surface area contributed by atoms with Crippen LogP contribution in [0.15, 0.2) is 42.5 Å². The minimum absolute atomic E-state index is 0.0953. The minimum Gasteiger partial charge on any atom is -0.206 e.